The van der Waals surface area contributed by atoms with E-state index in [9.17, 15) is 4.79 Å². The van der Waals surface area contributed by atoms with Crippen LogP contribution in [0.4, 0.5) is 10.6 Å². The quantitative estimate of drug-likeness (QED) is 0.619. The molecular formula is C8H7N3O2. The second kappa shape index (κ2) is 2.78. The van der Waals surface area contributed by atoms with E-state index >= 15 is 0 Å². The smallest absolute Gasteiger partial charge is 0.410 e. The third-order valence-corrected chi connectivity index (χ3v) is 1.67. The third kappa shape index (κ3) is 1.44. The van der Waals surface area contributed by atoms with Crippen LogP contribution in [-0.4, -0.2) is 21.2 Å². The Balaban J connectivity index is 2.42. The van der Waals surface area contributed by atoms with Crippen LogP contribution >= 0.6 is 0 Å². The topological polar surface area (TPSA) is 78.0 Å². The fraction of sp³-hybridized carbons (Fsp3) is 0. The maximum Gasteiger partial charge on any atom is 0.410 e. The number of carbonyl (C=O) groups is 1. The lowest BCUT2D eigenvalue weighted by Crippen LogP contribution is -2.08. The Bertz CT molecular complexity index is 449. The minimum atomic E-state index is -1.11. The number of H-pyrrole nitrogens is 1. The first-order valence-corrected chi connectivity index (χ1v) is 3.69. The van der Waals surface area contributed by atoms with Crippen LogP contribution in [0.1, 0.15) is 0 Å². The van der Waals surface area contributed by atoms with Crippen LogP contribution in [0.2, 0.25) is 0 Å². The van der Waals surface area contributed by atoms with Crippen LogP contribution < -0.4 is 5.32 Å². The first kappa shape index (κ1) is 7.60. The molecule has 5 heteroatoms. The van der Waals surface area contributed by atoms with Gasteiger partial charge in [-0.2, -0.15) is 0 Å². The maximum atomic E-state index is 10.3. The number of aromatic nitrogens is 2. The number of hydrogen-bond acceptors (Lipinski definition) is 2. The Morgan fingerprint density at radius 1 is 1.62 bits per heavy atom. The van der Waals surface area contributed by atoms with Gasteiger partial charge in [0.15, 0.2) is 0 Å². The second-order valence-corrected chi connectivity index (χ2v) is 2.56. The minimum Gasteiger partial charge on any atom is -0.465 e. The standard InChI is InChI=1S/C8H7N3O2/c12-8(13)11-7-3-5-1-2-9-6(5)4-10-7/h1-4,9H,(H,10,11)(H,12,13). The first-order chi connectivity index (χ1) is 6.25. The van der Waals surface area contributed by atoms with E-state index in [-0.39, 0.29) is 0 Å². The summed E-state index contributed by atoms with van der Waals surface area (Å²) in [6.07, 6.45) is 2.25. The highest BCUT2D eigenvalue weighted by Gasteiger charge is 2.00. The molecule has 3 N–H and O–H groups in total. The monoisotopic (exact) mass is 177 g/mol. The molecular weight excluding hydrogens is 170 g/mol. The molecule has 0 fully saturated rings. The summed E-state index contributed by atoms with van der Waals surface area (Å²) >= 11 is 0. The predicted molar refractivity (Wildman–Crippen MR) is 47.7 cm³/mol. The van der Waals surface area contributed by atoms with Crippen LogP contribution in [0.15, 0.2) is 24.5 Å². The van der Waals surface area contributed by atoms with Gasteiger partial charge in [0.05, 0.1) is 11.7 Å². The van der Waals surface area contributed by atoms with Gasteiger partial charge in [-0.3, -0.25) is 5.32 Å². The molecule has 5 nitrogen and oxygen atoms in total. The number of nitrogens with one attached hydrogen (secondary N) is 2. The fourth-order valence-electron chi connectivity index (χ4n) is 1.13. The van der Waals surface area contributed by atoms with E-state index in [4.69, 9.17) is 5.11 Å². The highest BCUT2D eigenvalue weighted by molar-refractivity contribution is 5.86. The maximum absolute atomic E-state index is 10.3. The van der Waals surface area contributed by atoms with E-state index in [0.29, 0.717) is 5.82 Å². The zero-order valence-electron chi connectivity index (χ0n) is 6.61. The summed E-state index contributed by atoms with van der Waals surface area (Å²) in [6.45, 7) is 0. The Labute approximate surface area is 73.4 Å². The van der Waals surface area contributed by atoms with Gasteiger partial charge in [-0.25, -0.2) is 9.78 Å². The van der Waals surface area contributed by atoms with Crippen molar-refractivity contribution in [2.75, 3.05) is 5.32 Å². The lowest BCUT2D eigenvalue weighted by atomic mass is 10.3. The highest BCUT2D eigenvalue weighted by atomic mass is 16.4. The van der Waals surface area contributed by atoms with Crippen LogP contribution in [0.5, 0.6) is 0 Å². The van der Waals surface area contributed by atoms with Crippen LogP contribution in [0, 0.1) is 0 Å². The van der Waals surface area contributed by atoms with Crippen molar-refractivity contribution in [2.24, 2.45) is 0 Å². The molecule has 2 aromatic heterocycles. The summed E-state index contributed by atoms with van der Waals surface area (Å²) in [5.41, 5.74) is 0.885. The molecule has 1 amide bonds. The van der Waals surface area contributed by atoms with Gasteiger partial charge in [-0.15, -0.1) is 0 Å². The number of aromatic amines is 1. The number of pyridine rings is 1. The SMILES string of the molecule is O=C(O)Nc1cc2cc[nH]c2cn1. The molecule has 0 saturated carbocycles. The summed E-state index contributed by atoms with van der Waals surface area (Å²) in [5, 5.41) is 11.5. The largest absolute Gasteiger partial charge is 0.465 e. The number of amides is 1. The average molecular weight is 177 g/mol. The van der Waals surface area contributed by atoms with Crippen LogP contribution in [0.3, 0.4) is 0 Å². The molecule has 0 atom stereocenters. The van der Waals surface area contributed by atoms with Crippen molar-refractivity contribution in [1.82, 2.24) is 9.97 Å². The molecule has 0 aromatic carbocycles. The lowest BCUT2D eigenvalue weighted by Gasteiger charge is -1.98. The minimum absolute atomic E-state index is 0.333. The molecule has 2 rings (SSSR count). The Kier molecular flexibility index (Phi) is 1.63. The molecule has 0 aliphatic rings. The van der Waals surface area contributed by atoms with Gasteiger partial charge in [0.2, 0.25) is 0 Å². The zero-order valence-corrected chi connectivity index (χ0v) is 6.61. The number of fused-ring (bicyclic) bond motifs is 1. The number of hydrogen-bond donors (Lipinski definition) is 3. The molecule has 0 aliphatic heterocycles. The van der Waals surface area contributed by atoms with Crippen molar-refractivity contribution >= 4 is 22.8 Å². The molecule has 0 unspecified atom stereocenters. The number of nitrogens with zero attached hydrogens (tertiary/aromatic N) is 1. The van der Waals surface area contributed by atoms with Gasteiger partial charge in [0, 0.05) is 11.6 Å². The van der Waals surface area contributed by atoms with E-state index in [1.54, 1.807) is 18.5 Å². The second-order valence-electron chi connectivity index (χ2n) is 2.56. The van der Waals surface area contributed by atoms with Gasteiger partial charge in [0.1, 0.15) is 5.82 Å². The summed E-state index contributed by atoms with van der Waals surface area (Å²) in [7, 11) is 0. The van der Waals surface area contributed by atoms with E-state index in [2.05, 4.69) is 15.3 Å². The summed E-state index contributed by atoms with van der Waals surface area (Å²) in [4.78, 5) is 17.1. The molecule has 2 heterocycles. The van der Waals surface area contributed by atoms with Gasteiger partial charge < -0.3 is 10.1 Å². The van der Waals surface area contributed by atoms with Gasteiger partial charge in [0.25, 0.3) is 0 Å². The first-order valence-electron chi connectivity index (χ1n) is 3.69. The van der Waals surface area contributed by atoms with Gasteiger partial charge in [-0.05, 0) is 12.1 Å². The summed E-state index contributed by atoms with van der Waals surface area (Å²) < 4.78 is 0. The normalized spacial score (nSPS) is 10.2. The van der Waals surface area contributed by atoms with Crippen molar-refractivity contribution in [3.05, 3.63) is 24.5 Å². The van der Waals surface area contributed by atoms with E-state index in [1.807, 2.05) is 6.07 Å². The molecule has 0 spiro atoms. The van der Waals surface area contributed by atoms with Crippen molar-refractivity contribution in [1.29, 1.82) is 0 Å². The Morgan fingerprint density at radius 2 is 2.46 bits per heavy atom. The van der Waals surface area contributed by atoms with E-state index in [0.717, 1.165) is 10.9 Å². The molecule has 66 valence electrons. The highest BCUT2D eigenvalue weighted by Crippen LogP contribution is 2.14. The molecule has 0 aliphatic carbocycles. The number of anilines is 1. The Hall–Kier alpha value is -2.04. The van der Waals surface area contributed by atoms with Crippen molar-refractivity contribution < 1.29 is 9.90 Å². The van der Waals surface area contributed by atoms with Crippen LogP contribution in [0.25, 0.3) is 10.9 Å². The van der Waals surface area contributed by atoms with Crippen molar-refractivity contribution in [3.8, 4) is 0 Å². The van der Waals surface area contributed by atoms with Gasteiger partial charge in [-0.1, -0.05) is 0 Å². The fourth-order valence-corrected chi connectivity index (χ4v) is 1.13. The Morgan fingerprint density at radius 3 is 3.23 bits per heavy atom. The molecule has 0 saturated heterocycles. The lowest BCUT2D eigenvalue weighted by molar-refractivity contribution is 0.209. The van der Waals surface area contributed by atoms with Crippen LogP contribution in [-0.2, 0) is 0 Å². The van der Waals surface area contributed by atoms with E-state index < -0.39 is 6.09 Å². The van der Waals surface area contributed by atoms with Gasteiger partial charge >= 0.3 is 6.09 Å². The average Bonchev–Trinajstić information content (AvgIpc) is 2.49. The van der Waals surface area contributed by atoms with Crippen molar-refractivity contribution in [2.45, 2.75) is 0 Å². The number of rotatable bonds is 1. The molecule has 0 bridgehead atoms. The third-order valence-electron chi connectivity index (χ3n) is 1.67. The summed E-state index contributed by atoms with van der Waals surface area (Å²) in [5.74, 6) is 0.333. The molecule has 2 aromatic rings. The molecule has 0 radical (unpaired) electrons. The van der Waals surface area contributed by atoms with E-state index in [1.165, 1.54) is 0 Å². The number of carboxylic acid groups (broad SMARTS) is 1. The van der Waals surface area contributed by atoms with Crippen molar-refractivity contribution in [3.63, 3.8) is 0 Å². The zero-order chi connectivity index (χ0) is 9.26. The predicted octanol–water partition coefficient (Wildman–Crippen LogP) is 1.65. The summed E-state index contributed by atoms with van der Waals surface area (Å²) in [6, 6.07) is 3.52. The molecule has 13 heavy (non-hydrogen) atoms.